The number of halogens is 6. The van der Waals surface area contributed by atoms with Crippen molar-refractivity contribution in [3.05, 3.63) is 48.0 Å². The van der Waals surface area contributed by atoms with E-state index in [9.17, 15) is 26.3 Å². The van der Waals surface area contributed by atoms with E-state index in [2.05, 4.69) is 9.47 Å². The molecule has 2 rings (SSSR count). The highest BCUT2D eigenvalue weighted by molar-refractivity contribution is 5.72. The van der Waals surface area contributed by atoms with E-state index in [1.807, 2.05) is 0 Å². The number of benzene rings is 2. The maximum absolute atomic E-state index is 12.4. The van der Waals surface area contributed by atoms with Crippen LogP contribution in [0.15, 0.2) is 42.5 Å². The Morgan fingerprint density at radius 2 is 1.38 bits per heavy atom. The van der Waals surface area contributed by atoms with Gasteiger partial charge in [-0.2, -0.15) is 0 Å². The van der Waals surface area contributed by atoms with Crippen molar-refractivity contribution in [3.8, 4) is 22.6 Å². The van der Waals surface area contributed by atoms with Gasteiger partial charge in [-0.3, -0.25) is 0 Å². The minimum absolute atomic E-state index is 0.00583. The fourth-order valence-corrected chi connectivity index (χ4v) is 1.99. The molecule has 0 aliphatic carbocycles. The summed E-state index contributed by atoms with van der Waals surface area (Å²) in [4.78, 5) is 0. The molecule has 0 bridgehead atoms. The lowest BCUT2D eigenvalue weighted by Crippen LogP contribution is -2.18. The van der Waals surface area contributed by atoms with Crippen molar-refractivity contribution in [2.24, 2.45) is 0 Å². The van der Waals surface area contributed by atoms with Crippen LogP contribution in [-0.4, -0.2) is 17.8 Å². The van der Waals surface area contributed by atoms with Gasteiger partial charge in [0.25, 0.3) is 0 Å². The lowest BCUT2D eigenvalue weighted by molar-refractivity contribution is -0.275. The summed E-state index contributed by atoms with van der Waals surface area (Å²) in [5, 5.41) is 9.06. The Morgan fingerprint density at radius 1 is 0.792 bits per heavy atom. The zero-order valence-corrected chi connectivity index (χ0v) is 11.8. The zero-order chi connectivity index (χ0) is 18.0. The first kappa shape index (κ1) is 17.9. The Bertz CT molecular complexity index is 709. The van der Waals surface area contributed by atoms with E-state index in [1.165, 1.54) is 24.3 Å². The van der Waals surface area contributed by atoms with Crippen LogP contribution in [0, 0.1) is 0 Å². The summed E-state index contributed by atoms with van der Waals surface area (Å²) in [6.07, 6.45) is -9.96. The molecule has 2 aromatic carbocycles. The highest BCUT2D eigenvalue weighted by Crippen LogP contribution is 2.37. The Balaban J connectivity index is 2.48. The van der Waals surface area contributed by atoms with Gasteiger partial charge in [-0.25, -0.2) is 0 Å². The smallest absolute Gasteiger partial charge is 0.405 e. The maximum Gasteiger partial charge on any atom is 0.573 e. The predicted molar refractivity (Wildman–Crippen MR) is 71.2 cm³/mol. The summed E-state index contributed by atoms with van der Waals surface area (Å²) in [6.45, 7) is -0.730. The molecule has 0 fully saturated rings. The van der Waals surface area contributed by atoms with E-state index in [0.29, 0.717) is 0 Å². The number of ether oxygens (including phenoxy) is 2. The van der Waals surface area contributed by atoms with Crippen LogP contribution in [-0.2, 0) is 6.61 Å². The molecule has 1 N–H and O–H groups in total. The summed E-state index contributed by atoms with van der Waals surface area (Å²) >= 11 is 0. The molecular formula is C15H10F6O3. The second-order valence-corrected chi connectivity index (χ2v) is 4.57. The second-order valence-electron chi connectivity index (χ2n) is 4.57. The van der Waals surface area contributed by atoms with Crippen LogP contribution < -0.4 is 9.47 Å². The molecule has 2 aromatic rings. The number of hydrogen-bond donors (Lipinski definition) is 1. The number of aliphatic hydroxyl groups is 1. The van der Waals surface area contributed by atoms with Crippen molar-refractivity contribution in [1.82, 2.24) is 0 Å². The van der Waals surface area contributed by atoms with Crippen LogP contribution in [0.25, 0.3) is 11.1 Å². The van der Waals surface area contributed by atoms with E-state index < -0.39 is 30.8 Å². The molecule has 0 aromatic heterocycles. The van der Waals surface area contributed by atoms with Gasteiger partial charge in [0.1, 0.15) is 11.5 Å². The Morgan fingerprint density at radius 3 is 1.96 bits per heavy atom. The van der Waals surface area contributed by atoms with Crippen molar-refractivity contribution in [2.75, 3.05) is 0 Å². The van der Waals surface area contributed by atoms with Gasteiger partial charge in [-0.05, 0) is 17.7 Å². The molecule has 0 spiro atoms. The number of para-hydroxylation sites is 1. The molecule has 0 aliphatic rings. The molecule has 0 unspecified atom stereocenters. The van der Waals surface area contributed by atoms with Crippen molar-refractivity contribution >= 4 is 0 Å². The Hall–Kier alpha value is -2.42. The molecule has 0 heterocycles. The molecule has 24 heavy (non-hydrogen) atoms. The third kappa shape index (κ3) is 4.79. The van der Waals surface area contributed by atoms with Gasteiger partial charge in [-0.1, -0.05) is 30.3 Å². The highest BCUT2D eigenvalue weighted by Gasteiger charge is 2.33. The number of alkyl halides is 6. The highest BCUT2D eigenvalue weighted by atomic mass is 19.4. The average molecular weight is 352 g/mol. The van der Waals surface area contributed by atoms with Gasteiger partial charge >= 0.3 is 12.7 Å². The Kier molecular flexibility index (Phi) is 4.93. The molecular weight excluding hydrogens is 342 g/mol. The van der Waals surface area contributed by atoms with E-state index in [4.69, 9.17) is 5.11 Å². The molecule has 0 saturated carbocycles. The van der Waals surface area contributed by atoms with Crippen LogP contribution in [0.5, 0.6) is 11.5 Å². The van der Waals surface area contributed by atoms with Crippen LogP contribution >= 0.6 is 0 Å². The number of rotatable bonds is 4. The maximum atomic E-state index is 12.4. The van der Waals surface area contributed by atoms with Crippen LogP contribution in [0.1, 0.15) is 5.56 Å². The third-order valence-corrected chi connectivity index (χ3v) is 2.89. The fourth-order valence-electron chi connectivity index (χ4n) is 1.99. The third-order valence-electron chi connectivity index (χ3n) is 2.89. The van der Waals surface area contributed by atoms with Crippen molar-refractivity contribution in [2.45, 2.75) is 19.3 Å². The minimum atomic E-state index is -5.01. The van der Waals surface area contributed by atoms with Gasteiger partial charge in [-0.15, -0.1) is 26.3 Å². The molecule has 0 radical (unpaired) electrons. The fraction of sp³-hybridized carbons (Fsp3) is 0.200. The molecule has 0 amide bonds. The topological polar surface area (TPSA) is 38.7 Å². The summed E-state index contributed by atoms with van der Waals surface area (Å²) in [7, 11) is 0. The standard InChI is InChI=1S/C15H10F6O3/c16-14(17,18)23-12-4-2-1-3-11(12)9-5-6-10(8-22)13(7-9)24-15(19,20)21/h1-7,22H,8H2. The first-order valence-corrected chi connectivity index (χ1v) is 6.44. The molecule has 0 atom stereocenters. The number of hydrogen-bond acceptors (Lipinski definition) is 3. The Labute approximate surface area is 132 Å². The molecule has 0 aliphatic heterocycles. The monoisotopic (exact) mass is 352 g/mol. The SMILES string of the molecule is OCc1ccc(-c2ccccc2OC(F)(F)F)cc1OC(F)(F)F. The summed E-state index contributed by atoms with van der Waals surface area (Å²) in [5.41, 5.74) is -0.233. The minimum Gasteiger partial charge on any atom is -0.405 e. The van der Waals surface area contributed by atoms with Crippen LogP contribution in [0.2, 0.25) is 0 Å². The van der Waals surface area contributed by atoms with Crippen LogP contribution in [0.3, 0.4) is 0 Å². The van der Waals surface area contributed by atoms with Crippen molar-refractivity contribution in [1.29, 1.82) is 0 Å². The van der Waals surface area contributed by atoms with E-state index >= 15 is 0 Å². The van der Waals surface area contributed by atoms with E-state index in [1.54, 1.807) is 0 Å². The number of aliphatic hydroxyl groups excluding tert-OH is 1. The predicted octanol–water partition coefficient (Wildman–Crippen LogP) is 4.64. The first-order valence-electron chi connectivity index (χ1n) is 6.44. The molecule has 9 heteroatoms. The summed E-state index contributed by atoms with van der Waals surface area (Å²) < 4.78 is 82.2. The first-order chi connectivity index (χ1) is 11.1. The lowest BCUT2D eigenvalue weighted by Gasteiger charge is -2.16. The van der Waals surface area contributed by atoms with Gasteiger partial charge < -0.3 is 14.6 Å². The van der Waals surface area contributed by atoms with Crippen LogP contribution in [0.4, 0.5) is 26.3 Å². The summed E-state index contributed by atoms with van der Waals surface area (Å²) in [5.74, 6) is -1.27. The largest absolute Gasteiger partial charge is 0.573 e. The lowest BCUT2D eigenvalue weighted by atomic mass is 10.0. The van der Waals surface area contributed by atoms with Crippen molar-refractivity contribution < 1.29 is 40.9 Å². The molecule has 0 saturated heterocycles. The summed E-state index contributed by atoms with van der Waals surface area (Å²) in [6, 6.07) is 8.26. The zero-order valence-electron chi connectivity index (χ0n) is 11.8. The van der Waals surface area contributed by atoms with Gasteiger partial charge in [0.2, 0.25) is 0 Å². The quantitative estimate of drug-likeness (QED) is 0.815. The van der Waals surface area contributed by atoms with E-state index in [0.717, 1.165) is 18.2 Å². The normalized spacial score (nSPS) is 12.1. The van der Waals surface area contributed by atoms with E-state index in [-0.39, 0.29) is 16.7 Å². The van der Waals surface area contributed by atoms with Gasteiger partial charge in [0.15, 0.2) is 0 Å². The van der Waals surface area contributed by atoms with Gasteiger partial charge in [0, 0.05) is 11.1 Å². The average Bonchev–Trinajstić information content (AvgIpc) is 2.44. The molecule has 3 nitrogen and oxygen atoms in total. The van der Waals surface area contributed by atoms with Gasteiger partial charge in [0.05, 0.1) is 6.61 Å². The second kappa shape index (κ2) is 6.60. The van der Waals surface area contributed by atoms with Crippen molar-refractivity contribution in [3.63, 3.8) is 0 Å². The molecule has 130 valence electrons.